The first-order valence-corrected chi connectivity index (χ1v) is 8.12. The van der Waals surface area contributed by atoms with Crippen molar-refractivity contribution in [1.82, 2.24) is 9.78 Å². The van der Waals surface area contributed by atoms with Crippen LogP contribution in [0, 0.1) is 0 Å². The minimum Gasteiger partial charge on any atom is -0.311 e. The zero-order valence-corrected chi connectivity index (χ0v) is 12.9. The molecule has 0 spiro atoms. The van der Waals surface area contributed by atoms with Gasteiger partial charge in [0.15, 0.2) is 0 Å². The summed E-state index contributed by atoms with van der Waals surface area (Å²) in [6.45, 7) is 0.647. The van der Waals surface area contributed by atoms with E-state index in [0.717, 1.165) is 17.8 Å². The van der Waals surface area contributed by atoms with Crippen molar-refractivity contribution in [3.05, 3.63) is 70.5 Å². The number of nitrogens with zero attached hydrogens (tertiary/aromatic N) is 2. The van der Waals surface area contributed by atoms with Crippen LogP contribution in [-0.4, -0.2) is 15.7 Å². The van der Waals surface area contributed by atoms with Gasteiger partial charge in [-0.1, -0.05) is 30.3 Å². The van der Waals surface area contributed by atoms with E-state index in [1.54, 1.807) is 22.2 Å². The molecule has 1 aromatic carbocycles. The van der Waals surface area contributed by atoms with Crippen molar-refractivity contribution in [2.24, 2.45) is 0 Å². The van der Waals surface area contributed by atoms with Crippen molar-refractivity contribution in [3.8, 4) is 0 Å². The van der Waals surface area contributed by atoms with Crippen molar-refractivity contribution in [1.29, 1.82) is 0 Å². The average Bonchev–Trinajstić information content (AvgIpc) is 3.19. The van der Waals surface area contributed by atoms with Gasteiger partial charge in [0.25, 0.3) is 0 Å². The Hall–Kier alpha value is -2.40. The third-order valence-electron chi connectivity index (χ3n) is 3.38. The molecule has 0 fully saturated rings. The van der Waals surface area contributed by atoms with E-state index in [0.29, 0.717) is 13.0 Å². The fraction of sp³-hybridized carbons (Fsp3) is 0.176. The molecule has 4 nitrogen and oxygen atoms in total. The number of amides is 1. The second kappa shape index (κ2) is 7.04. The van der Waals surface area contributed by atoms with Crippen molar-refractivity contribution < 1.29 is 4.79 Å². The molecule has 0 radical (unpaired) electrons. The summed E-state index contributed by atoms with van der Waals surface area (Å²) in [7, 11) is 0. The molecule has 3 rings (SSSR count). The SMILES string of the molecule is O=C(CCc1ccsc1)Nc1ccnn1Cc1ccccc1. The van der Waals surface area contributed by atoms with E-state index in [1.165, 1.54) is 5.56 Å². The van der Waals surface area contributed by atoms with E-state index >= 15 is 0 Å². The number of hydrogen-bond donors (Lipinski definition) is 1. The molecule has 0 atom stereocenters. The monoisotopic (exact) mass is 311 g/mol. The van der Waals surface area contributed by atoms with Crippen molar-refractivity contribution >= 4 is 23.1 Å². The van der Waals surface area contributed by atoms with E-state index < -0.39 is 0 Å². The minimum atomic E-state index is 0.0148. The van der Waals surface area contributed by atoms with Crippen LogP contribution in [0.15, 0.2) is 59.4 Å². The molecule has 22 heavy (non-hydrogen) atoms. The first kappa shape index (κ1) is 14.5. The average molecular weight is 311 g/mol. The zero-order valence-electron chi connectivity index (χ0n) is 12.1. The molecule has 0 aliphatic heterocycles. The lowest BCUT2D eigenvalue weighted by Crippen LogP contribution is -2.16. The highest BCUT2D eigenvalue weighted by atomic mass is 32.1. The van der Waals surface area contributed by atoms with Crippen LogP contribution in [0.3, 0.4) is 0 Å². The lowest BCUT2D eigenvalue weighted by molar-refractivity contribution is -0.116. The van der Waals surface area contributed by atoms with Gasteiger partial charge in [-0.25, -0.2) is 4.68 Å². The number of anilines is 1. The van der Waals surface area contributed by atoms with Crippen LogP contribution in [0.5, 0.6) is 0 Å². The van der Waals surface area contributed by atoms with Gasteiger partial charge in [0.1, 0.15) is 5.82 Å². The van der Waals surface area contributed by atoms with E-state index in [1.807, 2.05) is 41.8 Å². The Labute approximate surface area is 133 Å². The number of rotatable bonds is 6. The minimum absolute atomic E-state index is 0.0148. The summed E-state index contributed by atoms with van der Waals surface area (Å²) in [4.78, 5) is 12.1. The van der Waals surface area contributed by atoms with Gasteiger partial charge in [0.05, 0.1) is 12.7 Å². The molecular formula is C17H17N3OS. The molecule has 0 unspecified atom stereocenters. The third kappa shape index (κ3) is 3.83. The molecule has 0 bridgehead atoms. The van der Waals surface area contributed by atoms with Gasteiger partial charge >= 0.3 is 0 Å². The van der Waals surface area contributed by atoms with Crippen molar-refractivity contribution in [2.75, 3.05) is 5.32 Å². The van der Waals surface area contributed by atoms with Crippen LogP contribution in [0.4, 0.5) is 5.82 Å². The molecule has 112 valence electrons. The van der Waals surface area contributed by atoms with Crippen LogP contribution < -0.4 is 5.32 Å². The van der Waals surface area contributed by atoms with Crippen LogP contribution in [0.1, 0.15) is 17.5 Å². The van der Waals surface area contributed by atoms with Gasteiger partial charge < -0.3 is 5.32 Å². The number of carbonyl (C=O) groups is 1. The Morgan fingerprint density at radius 2 is 2.00 bits per heavy atom. The molecule has 3 aromatic rings. The second-order valence-electron chi connectivity index (χ2n) is 5.04. The lowest BCUT2D eigenvalue weighted by atomic mass is 10.2. The maximum Gasteiger partial charge on any atom is 0.225 e. The number of aryl methyl sites for hydroxylation is 1. The molecule has 5 heteroatoms. The number of nitrogens with one attached hydrogen (secondary N) is 1. The smallest absolute Gasteiger partial charge is 0.225 e. The largest absolute Gasteiger partial charge is 0.311 e. The molecule has 0 saturated heterocycles. The highest BCUT2D eigenvalue weighted by Gasteiger charge is 2.08. The van der Waals surface area contributed by atoms with E-state index in [4.69, 9.17) is 0 Å². The molecule has 0 saturated carbocycles. The summed E-state index contributed by atoms with van der Waals surface area (Å²) in [5.74, 6) is 0.750. The highest BCUT2D eigenvalue weighted by molar-refractivity contribution is 7.07. The first-order valence-electron chi connectivity index (χ1n) is 7.18. The number of thiophene rings is 1. The maximum atomic E-state index is 12.1. The summed E-state index contributed by atoms with van der Waals surface area (Å²) in [5.41, 5.74) is 2.36. The fourth-order valence-corrected chi connectivity index (χ4v) is 2.92. The molecule has 0 aliphatic carbocycles. The molecule has 1 amide bonds. The number of carbonyl (C=O) groups excluding carboxylic acids is 1. The van der Waals surface area contributed by atoms with Crippen molar-refractivity contribution in [3.63, 3.8) is 0 Å². The van der Waals surface area contributed by atoms with Crippen molar-refractivity contribution in [2.45, 2.75) is 19.4 Å². The number of benzene rings is 1. The Morgan fingerprint density at radius 3 is 2.77 bits per heavy atom. The summed E-state index contributed by atoms with van der Waals surface area (Å²) in [6.07, 6.45) is 2.95. The predicted octanol–water partition coefficient (Wildman–Crippen LogP) is 3.56. The second-order valence-corrected chi connectivity index (χ2v) is 5.82. The fourth-order valence-electron chi connectivity index (χ4n) is 2.22. The quantitative estimate of drug-likeness (QED) is 0.756. The van der Waals surface area contributed by atoms with Gasteiger partial charge in [0, 0.05) is 12.5 Å². The van der Waals surface area contributed by atoms with Crippen LogP contribution in [-0.2, 0) is 17.8 Å². The Kier molecular flexibility index (Phi) is 4.65. The lowest BCUT2D eigenvalue weighted by Gasteiger charge is -2.09. The van der Waals surface area contributed by atoms with Gasteiger partial charge in [-0.3, -0.25) is 4.79 Å². The molecule has 0 aliphatic rings. The number of hydrogen-bond acceptors (Lipinski definition) is 3. The van der Waals surface area contributed by atoms with E-state index in [9.17, 15) is 4.79 Å². The van der Waals surface area contributed by atoms with E-state index in [2.05, 4.69) is 21.9 Å². The molecular weight excluding hydrogens is 294 g/mol. The van der Waals surface area contributed by atoms with Crippen LogP contribution >= 0.6 is 11.3 Å². The normalized spacial score (nSPS) is 10.5. The Bertz CT molecular complexity index is 719. The maximum absolute atomic E-state index is 12.1. The molecule has 2 heterocycles. The van der Waals surface area contributed by atoms with Gasteiger partial charge in [-0.05, 0) is 34.4 Å². The molecule has 1 N–H and O–H groups in total. The zero-order chi connectivity index (χ0) is 15.2. The molecule has 2 aromatic heterocycles. The van der Waals surface area contributed by atoms with Crippen LogP contribution in [0.2, 0.25) is 0 Å². The Balaban J connectivity index is 1.58. The number of aromatic nitrogens is 2. The van der Waals surface area contributed by atoms with Gasteiger partial charge in [-0.15, -0.1) is 0 Å². The standard InChI is InChI=1S/C17H17N3OS/c21-17(7-6-15-9-11-22-13-15)19-16-8-10-18-20(16)12-14-4-2-1-3-5-14/h1-5,8-11,13H,6-7,12H2,(H,19,21). The summed E-state index contributed by atoms with van der Waals surface area (Å²) < 4.78 is 1.80. The Morgan fingerprint density at radius 1 is 1.14 bits per heavy atom. The third-order valence-corrected chi connectivity index (χ3v) is 4.11. The first-order chi connectivity index (χ1) is 10.8. The summed E-state index contributed by atoms with van der Waals surface area (Å²) in [6, 6.07) is 14.0. The summed E-state index contributed by atoms with van der Waals surface area (Å²) in [5, 5.41) is 11.3. The summed E-state index contributed by atoms with van der Waals surface area (Å²) >= 11 is 1.65. The van der Waals surface area contributed by atoms with Crippen LogP contribution in [0.25, 0.3) is 0 Å². The predicted molar refractivity (Wildman–Crippen MR) is 89.0 cm³/mol. The highest BCUT2D eigenvalue weighted by Crippen LogP contribution is 2.12. The van der Waals surface area contributed by atoms with E-state index in [-0.39, 0.29) is 5.91 Å². The van der Waals surface area contributed by atoms with Gasteiger partial charge in [-0.2, -0.15) is 16.4 Å². The van der Waals surface area contributed by atoms with Gasteiger partial charge in [0.2, 0.25) is 5.91 Å². The topological polar surface area (TPSA) is 46.9 Å².